The predicted octanol–water partition coefficient (Wildman–Crippen LogP) is 4.35. The largest absolute Gasteiger partial charge is 0.478 e. The standard InChI is InChI=1S/C15H10BrClN2O2/c1-19-12-6-5-8(15(20)21)7-11(12)18-14(19)9-3-2-4-10(16)13(9)17/h2-7H,1H3,(H,20,21). The zero-order chi connectivity index (χ0) is 15.1. The topological polar surface area (TPSA) is 55.1 Å². The Balaban J connectivity index is 2.26. The van der Waals surface area contributed by atoms with E-state index >= 15 is 0 Å². The summed E-state index contributed by atoms with van der Waals surface area (Å²) in [7, 11) is 1.88. The maximum atomic E-state index is 11.0. The van der Waals surface area contributed by atoms with Crippen LogP contribution in [0.3, 0.4) is 0 Å². The van der Waals surface area contributed by atoms with Crippen LogP contribution >= 0.6 is 27.5 Å². The van der Waals surface area contributed by atoms with Crippen molar-refractivity contribution in [2.75, 3.05) is 0 Å². The number of fused-ring (bicyclic) bond motifs is 1. The first kappa shape index (κ1) is 14.1. The number of aromatic nitrogens is 2. The Morgan fingerprint density at radius 1 is 1.33 bits per heavy atom. The fourth-order valence-electron chi connectivity index (χ4n) is 2.25. The fraction of sp³-hybridized carbons (Fsp3) is 0.0667. The maximum Gasteiger partial charge on any atom is 0.335 e. The Morgan fingerprint density at radius 3 is 2.81 bits per heavy atom. The number of imidazole rings is 1. The Hall–Kier alpha value is -1.85. The minimum absolute atomic E-state index is 0.215. The molecule has 0 atom stereocenters. The Labute approximate surface area is 134 Å². The van der Waals surface area contributed by atoms with Gasteiger partial charge in [-0.25, -0.2) is 9.78 Å². The van der Waals surface area contributed by atoms with Gasteiger partial charge in [-0.3, -0.25) is 0 Å². The van der Waals surface area contributed by atoms with Crippen molar-refractivity contribution in [3.05, 3.63) is 51.5 Å². The normalized spacial score (nSPS) is 11.0. The number of hydrogen-bond donors (Lipinski definition) is 1. The number of carboxylic acid groups (broad SMARTS) is 1. The molecule has 0 amide bonds. The lowest BCUT2D eigenvalue weighted by atomic mass is 10.2. The lowest BCUT2D eigenvalue weighted by Gasteiger charge is -2.06. The van der Waals surface area contributed by atoms with Crippen LogP contribution in [0.25, 0.3) is 22.4 Å². The molecule has 1 N–H and O–H groups in total. The molecule has 1 aromatic heterocycles. The molecule has 0 aliphatic carbocycles. The van der Waals surface area contributed by atoms with E-state index in [9.17, 15) is 4.79 Å². The molecule has 106 valence electrons. The monoisotopic (exact) mass is 364 g/mol. The number of benzene rings is 2. The Morgan fingerprint density at radius 2 is 2.10 bits per heavy atom. The number of carbonyl (C=O) groups is 1. The highest BCUT2D eigenvalue weighted by Gasteiger charge is 2.15. The van der Waals surface area contributed by atoms with Crippen molar-refractivity contribution in [2.45, 2.75) is 0 Å². The number of carboxylic acids is 1. The summed E-state index contributed by atoms with van der Waals surface area (Å²) >= 11 is 9.71. The van der Waals surface area contributed by atoms with Gasteiger partial charge < -0.3 is 9.67 Å². The van der Waals surface area contributed by atoms with E-state index in [0.29, 0.717) is 16.4 Å². The molecule has 0 fully saturated rings. The van der Waals surface area contributed by atoms with Crippen LogP contribution in [-0.2, 0) is 7.05 Å². The first-order valence-electron chi connectivity index (χ1n) is 6.13. The molecule has 1 heterocycles. The third-order valence-electron chi connectivity index (χ3n) is 3.32. The van der Waals surface area contributed by atoms with Crippen LogP contribution in [0.2, 0.25) is 5.02 Å². The van der Waals surface area contributed by atoms with E-state index in [1.807, 2.05) is 29.8 Å². The van der Waals surface area contributed by atoms with Gasteiger partial charge >= 0.3 is 5.97 Å². The summed E-state index contributed by atoms with van der Waals surface area (Å²) in [4.78, 5) is 15.6. The third-order valence-corrected chi connectivity index (χ3v) is 4.62. The predicted molar refractivity (Wildman–Crippen MR) is 85.8 cm³/mol. The van der Waals surface area contributed by atoms with Crippen molar-refractivity contribution < 1.29 is 9.90 Å². The average Bonchev–Trinajstić information content (AvgIpc) is 2.78. The molecule has 21 heavy (non-hydrogen) atoms. The first-order chi connectivity index (χ1) is 9.99. The van der Waals surface area contributed by atoms with Crippen LogP contribution in [0.4, 0.5) is 0 Å². The van der Waals surface area contributed by atoms with E-state index in [1.165, 1.54) is 0 Å². The van der Waals surface area contributed by atoms with E-state index in [2.05, 4.69) is 20.9 Å². The molecular formula is C15H10BrClN2O2. The fourth-order valence-corrected chi connectivity index (χ4v) is 2.83. The highest BCUT2D eigenvalue weighted by atomic mass is 79.9. The Kier molecular flexibility index (Phi) is 3.47. The smallest absolute Gasteiger partial charge is 0.335 e. The van der Waals surface area contributed by atoms with E-state index < -0.39 is 5.97 Å². The van der Waals surface area contributed by atoms with E-state index in [4.69, 9.17) is 16.7 Å². The quantitative estimate of drug-likeness (QED) is 0.734. The van der Waals surface area contributed by atoms with Crippen molar-refractivity contribution in [3.63, 3.8) is 0 Å². The van der Waals surface area contributed by atoms with Crippen LogP contribution in [0.5, 0.6) is 0 Å². The van der Waals surface area contributed by atoms with Gasteiger partial charge in [0.05, 0.1) is 21.6 Å². The number of hydrogen-bond acceptors (Lipinski definition) is 2. The number of aryl methyl sites for hydroxylation is 1. The van der Waals surface area contributed by atoms with Crippen LogP contribution in [0, 0.1) is 0 Å². The SMILES string of the molecule is Cn1c(-c2cccc(Br)c2Cl)nc2cc(C(=O)O)ccc21. The molecule has 4 nitrogen and oxygen atoms in total. The maximum absolute atomic E-state index is 11.0. The van der Waals surface area contributed by atoms with Crippen molar-refractivity contribution in [1.82, 2.24) is 9.55 Å². The van der Waals surface area contributed by atoms with Crippen molar-refractivity contribution in [2.24, 2.45) is 7.05 Å². The van der Waals surface area contributed by atoms with Crippen molar-refractivity contribution in [1.29, 1.82) is 0 Å². The number of aromatic carboxylic acids is 1. The van der Waals surface area contributed by atoms with Crippen molar-refractivity contribution in [3.8, 4) is 11.4 Å². The second kappa shape index (κ2) is 5.16. The molecule has 3 rings (SSSR count). The van der Waals surface area contributed by atoms with Gasteiger partial charge in [-0.15, -0.1) is 0 Å². The summed E-state index contributed by atoms with van der Waals surface area (Å²) in [5.74, 6) is -0.275. The minimum atomic E-state index is -0.968. The second-order valence-electron chi connectivity index (χ2n) is 4.60. The second-order valence-corrected chi connectivity index (χ2v) is 5.84. The third kappa shape index (κ3) is 2.32. The molecule has 2 aromatic carbocycles. The molecule has 0 bridgehead atoms. The van der Waals surface area contributed by atoms with Gasteiger partial charge in [-0.05, 0) is 46.3 Å². The van der Waals surface area contributed by atoms with Gasteiger partial charge in [0.1, 0.15) is 5.82 Å². The molecule has 0 unspecified atom stereocenters. The Bertz CT molecular complexity index is 873. The highest BCUT2D eigenvalue weighted by Crippen LogP contribution is 2.34. The molecular weight excluding hydrogens is 356 g/mol. The molecule has 0 aliphatic heterocycles. The summed E-state index contributed by atoms with van der Waals surface area (Å²) < 4.78 is 2.69. The van der Waals surface area contributed by atoms with Crippen LogP contribution in [0.15, 0.2) is 40.9 Å². The molecule has 0 aliphatic rings. The van der Waals surface area contributed by atoms with Gasteiger partial charge in [-0.1, -0.05) is 17.7 Å². The molecule has 0 spiro atoms. The van der Waals surface area contributed by atoms with Gasteiger partial charge in [0, 0.05) is 17.1 Å². The summed E-state index contributed by atoms with van der Waals surface area (Å²) in [6.07, 6.45) is 0. The van der Waals surface area contributed by atoms with Gasteiger partial charge in [-0.2, -0.15) is 0 Å². The van der Waals surface area contributed by atoms with E-state index in [-0.39, 0.29) is 5.56 Å². The van der Waals surface area contributed by atoms with Crippen LogP contribution in [0.1, 0.15) is 10.4 Å². The molecule has 3 aromatic rings. The zero-order valence-electron chi connectivity index (χ0n) is 11.0. The highest BCUT2D eigenvalue weighted by molar-refractivity contribution is 9.10. The summed E-state index contributed by atoms with van der Waals surface area (Å²) in [5, 5.41) is 9.63. The first-order valence-corrected chi connectivity index (χ1v) is 7.30. The molecule has 0 saturated heterocycles. The minimum Gasteiger partial charge on any atom is -0.478 e. The van der Waals surface area contributed by atoms with E-state index in [1.54, 1.807) is 18.2 Å². The lowest BCUT2D eigenvalue weighted by molar-refractivity contribution is 0.0697. The number of nitrogens with zero attached hydrogens (tertiary/aromatic N) is 2. The average molecular weight is 366 g/mol. The summed E-state index contributed by atoms with van der Waals surface area (Å²) in [6.45, 7) is 0. The zero-order valence-corrected chi connectivity index (χ0v) is 13.3. The van der Waals surface area contributed by atoms with Crippen molar-refractivity contribution >= 4 is 44.5 Å². The molecule has 6 heteroatoms. The number of rotatable bonds is 2. The molecule has 0 radical (unpaired) electrons. The number of halogens is 2. The summed E-state index contributed by atoms with van der Waals surface area (Å²) in [5.41, 5.74) is 2.49. The molecule has 0 saturated carbocycles. The summed E-state index contributed by atoms with van der Waals surface area (Å²) in [6, 6.07) is 10.5. The van der Waals surface area contributed by atoms with Crippen LogP contribution < -0.4 is 0 Å². The van der Waals surface area contributed by atoms with Gasteiger partial charge in [0.25, 0.3) is 0 Å². The van der Waals surface area contributed by atoms with Gasteiger partial charge in [0.15, 0.2) is 0 Å². The lowest BCUT2D eigenvalue weighted by Crippen LogP contribution is -1.96. The van der Waals surface area contributed by atoms with Crippen LogP contribution in [-0.4, -0.2) is 20.6 Å². The van der Waals surface area contributed by atoms with E-state index in [0.717, 1.165) is 15.6 Å². The van der Waals surface area contributed by atoms with Gasteiger partial charge in [0.2, 0.25) is 0 Å².